The van der Waals surface area contributed by atoms with E-state index in [1.165, 1.54) is 19.2 Å². The first-order chi connectivity index (χ1) is 13.4. The molecule has 0 fully saturated rings. The molecule has 1 aromatic heterocycles. The highest BCUT2D eigenvalue weighted by atomic mass is 79.9. The van der Waals surface area contributed by atoms with Crippen LogP contribution in [0.2, 0.25) is 5.02 Å². The summed E-state index contributed by atoms with van der Waals surface area (Å²) < 4.78 is 7.13. The summed E-state index contributed by atoms with van der Waals surface area (Å²) in [7, 11) is 1.32. The van der Waals surface area contributed by atoms with Crippen molar-refractivity contribution >= 4 is 44.9 Å². The molecule has 0 saturated carbocycles. The molecule has 1 amide bonds. The third-order valence-electron chi connectivity index (χ3n) is 3.88. The maximum atomic E-state index is 12.5. The molecule has 0 aliphatic rings. The molecule has 0 unspecified atom stereocenters. The van der Waals surface area contributed by atoms with Gasteiger partial charge in [-0.2, -0.15) is 5.10 Å². The summed E-state index contributed by atoms with van der Waals surface area (Å²) in [5.41, 5.74) is 0.696. The predicted octanol–water partition coefficient (Wildman–Crippen LogP) is 4.52. The molecule has 2 aromatic carbocycles. The summed E-state index contributed by atoms with van der Waals surface area (Å²) in [5.74, 6) is -0.170. The number of carbonyl (C=O) groups excluding carboxylic acids is 1. The van der Waals surface area contributed by atoms with Crippen LogP contribution in [0.4, 0.5) is 11.5 Å². The number of nitro groups is 1. The minimum Gasteiger partial charge on any atom is -0.490 e. The van der Waals surface area contributed by atoms with Gasteiger partial charge in [0.1, 0.15) is 0 Å². The van der Waals surface area contributed by atoms with Crippen LogP contribution in [0.3, 0.4) is 0 Å². The summed E-state index contributed by atoms with van der Waals surface area (Å²) in [5, 5.41) is 18.7. The van der Waals surface area contributed by atoms with Gasteiger partial charge in [0, 0.05) is 22.8 Å². The Bertz CT molecular complexity index is 1050. The summed E-state index contributed by atoms with van der Waals surface area (Å²) in [6.07, 6.45) is 1.70. The van der Waals surface area contributed by atoms with Crippen LogP contribution in [-0.2, 0) is 6.54 Å². The van der Waals surface area contributed by atoms with Crippen LogP contribution in [0, 0.1) is 10.1 Å². The standard InChI is InChI=1S/C18H14BrClN4O4/c1-28-16-7-6-11(8-15(16)24(26)27)18(25)21-17-13(19)10-23(22-17)9-12-4-2-3-5-14(12)20/h2-8,10H,9H2,1H3,(H,21,22,25). The molecule has 1 heterocycles. The quantitative estimate of drug-likeness (QED) is 0.426. The van der Waals surface area contributed by atoms with Crippen LogP contribution in [-0.4, -0.2) is 27.7 Å². The Labute approximate surface area is 173 Å². The number of methoxy groups -OCH3 is 1. The van der Waals surface area contributed by atoms with Gasteiger partial charge in [0.05, 0.1) is 23.1 Å². The van der Waals surface area contributed by atoms with Crippen molar-refractivity contribution in [2.75, 3.05) is 12.4 Å². The lowest BCUT2D eigenvalue weighted by molar-refractivity contribution is -0.385. The number of hydrogen-bond acceptors (Lipinski definition) is 5. The number of rotatable bonds is 6. The smallest absolute Gasteiger partial charge is 0.311 e. The van der Waals surface area contributed by atoms with Gasteiger partial charge in [-0.1, -0.05) is 29.8 Å². The van der Waals surface area contributed by atoms with Crippen molar-refractivity contribution in [1.29, 1.82) is 0 Å². The zero-order chi connectivity index (χ0) is 20.3. The number of carbonyl (C=O) groups is 1. The van der Waals surface area contributed by atoms with Crippen LogP contribution < -0.4 is 10.1 Å². The molecule has 0 saturated heterocycles. The molecule has 0 radical (unpaired) electrons. The van der Waals surface area contributed by atoms with E-state index in [1.807, 2.05) is 18.2 Å². The summed E-state index contributed by atoms with van der Waals surface area (Å²) in [4.78, 5) is 23.0. The lowest BCUT2D eigenvalue weighted by Crippen LogP contribution is -2.13. The maximum absolute atomic E-state index is 12.5. The molecule has 28 heavy (non-hydrogen) atoms. The zero-order valence-corrected chi connectivity index (χ0v) is 16.9. The van der Waals surface area contributed by atoms with E-state index in [-0.39, 0.29) is 22.8 Å². The van der Waals surface area contributed by atoms with Gasteiger partial charge in [-0.05, 0) is 39.7 Å². The number of hydrogen-bond donors (Lipinski definition) is 1. The topological polar surface area (TPSA) is 99.3 Å². The zero-order valence-electron chi connectivity index (χ0n) is 14.6. The van der Waals surface area contributed by atoms with Gasteiger partial charge in [-0.3, -0.25) is 19.6 Å². The van der Waals surface area contributed by atoms with E-state index in [2.05, 4.69) is 26.3 Å². The van der Waals surface area contributed by atoms with Gasteiger partial charge in [-0.25, -0.2) is 0 Å². The first-order valence-corrected chi connectivity index (χ1v) is 9.16. The van der Waals surface area contributed by atoms with E-state index in [0.717, 1.165) is 11.6 Å². The third kappa shape index (κ3) is 4.32. The molecule has 3 aromatic rings. The summed E-state index contributed by atoms with van der Waals surface area (Å²) >= 11 is 9.51. The monoisotopic (exact) mass is 464 g/mol. The average Bonchev–Trinajstić information content (AvgIpc) is 3.01. The normalized spacial score (nSPS) is 10.5. The molecule has 0 aliphatic carbocycles. The van der Waals surface area contributed by atoms with Gasteiger partial charge in [-0.15, -0.1) is 0 Å². The van der Waals surface area contributed by atoms with Gasteiger partial charge in [0.2, 0.25) is 0 Å². The van der Waals surface area contributed by atoms with E-state index in [9.17, 15) is 14.9 Å². The van der Waals surface area contributed by atoms with Crippen LogP contribution in [0.5, 0.6) is 5.75 Å². The molecule has 0 spiro atoms. The van der Waals surface area contributed by atoms with E-state index in [4.69, 9.17) is 16.3 Å². The van der Waals surface area contributed by atoms with Gasteiger partial charge in [0.25, 0.3) is 5.91 Å². The van der Waals surface area contributed by atoms with Crippen molar-refractivity contribution in [3.63, 3.8) is 0 Å². The SMILES string of the molecule is COc1ccc(C(=O)Nc2nn(Cc3ccccc3Cl)cc2Br)cc1[N+](=O)[O-]. The molecular weight excluding hydrogens is 452 g/mol. The Morgan fingerprint density at radius 3 is 2.79 bits per heavy atom. The average molecular weight is 466 g/mol. The lowest BCUT2D eigenvalue weighted by Gasteiger charge is -2.06. The fourth-order valence-corrected chi connectivity index (χ4v) is 3.13. The Kier molecular flexibility index (Phi) is 5.96. The van der Waals surface area contributed by atoms with Crippen molar-refractivity contribution in [2.24, 2.45) is 0 Å². The molecular formula is C18H14BrClN4O4. The first-order valence-electron chi connectivity index (χ1n) is 7.99. The minimum atomic E-state index is -0.607. The van der Waals surface area contributed by atoms with Gasteiger partial charge in [0.15, 0.2) is 11.6 Å². The van der Waals surface area contributed by atoms with Gasteiger partial charge < -0.3 is 10.1 Å². The highest BCUT2D eigenvalue weighted by Gasteiger charge is 2.19. The number of nitrogens with one attached hydrogen (secondary N) is 1. The van der Waals surface area contributed by atoms with Crippen LogP contribution in [0.1, 0.15) is 15.9 Å². The number of ether oxygens (including phenoxy) is 1. The minimum absolute atomic E-state index is 0.0757. The Morgan fingerprint density at radius 1 is 1.36 bits per heavy atom. The van der Waals surface area contributed by atoms with E-state index in [0.29, 0.717) is 16.0 Å². The largest absolute Gasteiger partial charge is 0.490 e. The fourth-order valence-electron chi connectivity index (χ4n) is 2.52. The van der Waals surface area contributed by atoms with E-state index >= 15 is 0 Å². The lowest BCUT2D eigenvalue weighted by atomic mass is 10.1. The number of aromatic nitrogens is 2. The summed E-state index contributed by atoms with van der Waals surface area (Å²) in [6, 6.07) is 11.3. The number of halogens is 2. The second-order valence-corrected chi connectivity index (χ2v) is 6.97. The van der Waals surface area contributed by atoms with Crippen LogP contribution >= 0.6 is 27.5 Å². The maximum Gasteiger partial charge on any atom is 0.311 e. The van der Waals surface area contributed by atoms with Crippen molar-refractivity contribution in [2.45, 2.75) is 6.54 Å². The second kappa shape index (κ2) is 8.41. The highest BCUT2D eigenvalue weighted by Crippen LogP contribution is 2.28. The third-order valence-corrected chi connectivity index (χ3v) is 4.83. The highest BCUT2D eigenvalue weighted by molar-refractivity contribution is 9.10. The number of benzene rings is 2. The van der Waals surface area contributed by atoms with Crippen molar-refractivity contribution in [1.82, 2.24) is 9.78 Å². The van der Waals surface area contributed by atoms with Gasteiger partial charge >= 0.3 is 5.69 Å². The number of nitrogens with zero attached hydrogens (tertiary/aromatic N) is 3. The Balaban J connectivity index is 1.80. The van der Waals surface area contributed by atoms with E-state index in [1.54, 1.807) is 16.9 Å². The van der Waals surface area contributed by atoms with Crippen molar-refractivity contribution in [3.8, 4) is 5.75 Å². The predicted molar refractivity (Wildman–Crippen MR) is 108 cm³/mol. The molecule has 1 N–H and O–H groups in total. The molecule has 0 atom stereocenters. The van der Waals surface area contributed by atoms with Crippen LogP contribution in [0.15, 0.2) is 53.1 Å². The number of amides is 1. The van der Waals surface area contributed by atoms with Crippen molar-refractivity contribution in [3.05, 3.63) is 79.4 Å². The van der Waals surface area contributed by atoms with Crippen LogP contribution in [0.25, 0.3) is 0 Å². The molecule has 0 bridgehead atoms. The second-order valence-electron chi connectivity index (χ2n) is 5.71. The number of anilines is 1. The van der Waals surface area contributed by atoms with E-state index < -0.39 is 10.8 Å². The summed E-state index contributed by atoms with van der Waals surface area (Å²) in [6.45, 7) is 0.419. The molecule has 144 valence electrons. The Morgan fingerprint density at radius 2 is 2.11 bits per heavy atom. The van der Waals surface area contributed by atoms with Crippen molar-refractivity contribution < 1.29 is 14.5 Å². The first kappa shape index (κ1) is 19.8. The molecule has 8 nitrogen and oxygen atoms in total. The molecule has 10 heteroatoms. The fraction of sp³-hybridized carbons (Fsp3) is 0.111. The Hall–Kier alpha value is -2.91. The molecule has 3 rings (SSSR count). The number of nitro benzene ring substituents is 1. The molecule has 0 aliphatic heterocycles.